The maximum absolute atomic E-state index is 12.7. The van der Waals surface area contributed by atoms with E-state index < -0.39 is 5.97 Å². The Labute approximate surface area is 144 Å². The van der Waals surface area contributed by atoms with Gasteiger partial charge in [0, 0.05) is 13.1 Å². The number of nitrogens with zero attached hydrogens (tertiary/aromatic N) is 3. The highest BCUT2D eigenvalue weighted by molar-refractivity contribution is 7.12. The van der Waals surface area contributed by atoms with Crippen molar-refractivity contribution in [3.05, 3.63) is 39.3 Å². The van der Waals surface area contributed by atoms with Crippen molar-refractivity contribution in [3.63, 3.8) is 0 Å². The van der Waals surface area contributed by atoms with Gasteiger partial charge in [-0.25, -0.2) is 4.79 Å². The molecule has 0 aromatic carbocycles. The molecule has 0 spiro atoms. The summed E-state index contributed by atoms with van der Waals surface area (Å²) in [6.07, 6.45) is 3.86. The minimum Gasteiger partial charge on any atom is -0.478 e. The minimum absolute atomic E-state index is 0.115. The van der Waals surface area contributed by atoms with Crippen molar-refractivity contribution < 1.29 is 14.7 Å². The van der Waals surface area contributed by atoms with E-state index >= 15 is 0 Å². The zero-order valence-electron chi connectivity index (χ0n) is 13.9. The van der Waals surface area contributed by atoms with Gasteiger partial charge < -0.3 is 10.0 Å². The molecular formula is C17H21N3O3S. The molecule has 0 bridgehead atoms. The van der Waals surface area contributed by atoms with Gasteiger partial charge in [-0.3, -0.25) is 9.48 Å². The molecule has 1 amide bonds. The highest BCUT2D eigenvalue weighted by Gasteiger charge is 2.28. The molecular weight excluding hydrogens is 326 g/mol. The normalized spacial score (nSPS) is 15.7. The summed E-state index contributed by atoms with van der Waals surface area (Å²) >= 11 is 1.51. The van der Waals surface area contributed by atoms with Gasteiger partial charge in [0.2, 0.25) is 0 Å². The van der Waals surface area contributed by atoms with E-state index in [0.717, 1.165) is 29.7 Å². The summed E-state index contributed by atoms with van der Waals surface area (Å²) in [6.45, 7) is 5.19. The number of aryl methyl sites for hydroxylation is 1. The molecule has 0 atom stereocenters. The number of rotatable bonds is 4. The maximum Gasteiger partial charge on any atom is 0.339 e. The fourth-order valence-electron chi connectivity index (χ4n) is 3.26. The molecule has 0 saturated carbocycles. The fourth-order valence-corrected chi connectivity index (χ4v) is 4.22. The van der Waals surface area contributed by atoms with Crippen molar-refractivity contribution in [2.75, 3.05) is 13.1 Å². The lowest BCUT2D eigenvalue weighted by atomic mass is 10.0. The summed E-state index contributed by atoms with van der Waals surface area (Å²) in [5, 5.41) is 15.4. The van der Waals surface area contributed by atoms with Gasteiger partial charge in [0.05, 0.1) is 22.8 Å². The molecule has 1 aliphatic rings. The van der Waals surface area contributed by atoms with Crippen LogP contribution in [-0.4, -0.2) is 44.8 Å². The van der Waals surface area contributed by atoms with Crippen LogP contribution in [0.3, 0.4) is 0 Å². The van der Waals surface area contributed by atoms with Gasteiger partial charge in [0.15, 0.2) is 0 Å². The molecule has 1 saturated heterocycles. The van der Waals surface area contributed by atoms with Gasteiger partial charge in [-0.1, -0.05) is 6.92 Å². The molecule has 1 fully saturated rings. The number of hydrogen-bond acceptors (Lipinski definition) is 4. The Morgan fingerprint density at radius 1 is 1.38 bits per heavy atom. The Morgan fingerprint density at radius 3 is 2.67 bits per heavy atom. The van der Waals surface area contributed by atoms with Crippen LogP contribution in [0.4, 0.5) is 0 Å². The van der Waals surface area contributed by atoms with Crippen LogP contribution < -0.4 is 0 Å². The number of hydrogen-bond donors (Lipinski definition) is 1. The number of carbonyl (C=O) groups excluding carboxylic acids is 1. The summed E-state index contributed by atoms with van der Waals surface area (Å²) < 4.78 is 1.80. The SMILES string of the molecule is CCc1ccsc1C(=O)N1CCC(n2ncc(C(=O)O)c2C)CC1. The predicted octanol–water partition coefficient (Wildman–Crippen LogP) is 2.99. The third-order valence-corrected chi connectivity index (χ3v) is 5.64. The smallest absolute Gasteiger partial charge is 0.339 e. The van der Waals surface area contributed by atoms with E-state index in [1.165, 1.54) is 17.5 Å². The maximum atomic E-state index is 12.7. The highest BCUT2D eigenvalue weighted by Crippen LogP contribution is 2.27. The number of amides is 1. The molecule has 0 aliphatic carbocycles. The van der Waals surface area contributed by atoms with Gasteiger partial charge in [-0.15, -0.1) is 11.3 Å². The second-order valence-electron chi connectivity index (χ2n) is 6.05. The van der Waals surface area contributed by atoms with Crippen molar-refractivity contribution in [2.24, 2.45) is 0 Å². The molecule has 2 aromatic heterocycles. The molecule has 1 aliphatic heterocycles. The van der Waals surface area contributed by atoms with E-state index in [1.807, 2.05) is 16.3 Å². The van der Waals surface area contributed by atoms with Crippen molar-refractivity contribution in [1.82, 2.24) is 14.7 Å². The Bertz CT molecular complexity index is 757. The topological polar surface area (TPSA) is 75.4 Å². The number of carboxylic acids is 1. The van der Waals surface area contributed by atoms with E-state index in [9.17, 15) is 9.59 Å². The molecule has 1 N–H and O–H groups in total. The van der Waals surface area contributed by atoms with Crippen LogP contribution in [0.15, 0.2) is 17.6 Å². The van der Waals surface area contributed by atoms with Crippen LogP contribution in [0.25, 0.3) is 0 Å². The van der Waals surface area contributed by atoms with Gasteiger partial charge in [0.25, 0.3) is 5.91 Å². The van der Waals surface area contributed by atoms with Gasteiger partial charge in [-0.05, 0) is 43.2 Å². The first-order valence-corrected chi connectivity index (χ1v) is 9.04. The first kappa shape index (κ1) is 16.7. The standard InChI is InChI=1S/C17H21N3O3S/c1-3-12-6-9-24-15(12)16(21)19-7-4-13(5-8-19)20-11(2)14(10-18-20)17(22)23/h6,9-10,13H,3-5,7-8H2,1-2H3,(H,22,23). The number of carboxylic acid groups (broad SMARTS) is 1. The molecule has 128 valence electrons. The Balaban J connectivity index is 1.68. The van der Waals surface area contributed by atoms with Gasteiger partial charge in [0.1, 0.15) is 5.56 Å². The zero-order valence-corrected chi connectivity index (χ0v) is 14.7. The number of likely N-dealkylation sites (tertiary alicyclic amines) is 1. The van der Waals surface area contributed by atoms with Crippen molar-refractivity contribution in [1.29, 1.82) is 0 Å². The Hall–Kier alpha value is -2.15. The minimum atomic E-state index is -0.948. The second kappa shape index (κ2) is 6.76. The molecule has 3 heterocycles. The van der Waals surface area contributed by atoms with Crippen molar-refractivity contribution >= 4 is 23.2 Å². The van der Waals surface area contributed by atoms with E-state index in [2.05, 4.69) is 12.0 Å². The molecule has 7 heteroatoms. The highest BCUT2D eigenvalue weighted by atomic mass is 32.1. The van der Waals surface area contributed by atoms with Crippen molar-refractivity contribution in [3.8, 4) is 0 Å². The zero-order chi connectivity index (χ0) is 17.3. The summed E-state index contributed by atoms with van der Waals surface area (Å²) in [7, 11) is 0. The summed E-state index contributed by atoms with van der Waals surface area (Å²) in [5.74, 6) is -0.833. The van der Waals surface area contributed by atoms with Crippen LogP contribution in [0.1, 0.15) is 57.1 Å². The molecule has 0 radical (unpaired) electrons. The van der Waals surface area contributed by atoms with E-state index in [1.54, 1.807) is 11.6 Å². The first-order valence-electron chi connectivity index (χ1n) is 8.16. The van der Waals surface area contributed by atoms with E-state index in [0.29, 0.717) is 18.8 Å². The van der Waals surface area contributed by atoms with Gasteiger partial charge >= 0.3 is 5.97 Å². The molecule has 2 aromatic rings. The summed E-state index contributed by atoms with van der Waals surface area (Å²) in [4.78, 5) is 26.6. The predicted molar refractivity (Wildman–Crippen MR) is 91.8 cm³/mol. The van der Waals surface area contributed by atoms with Crippen LogP contribution in [0.2, 0.25) is 0 Å². The number of carbonyl (C=O) groups is 2. The number of thiophene rings is 1. The summed E-state index contributed by atoms with van der Waals surface area (Å²) in [6, 6.07) is 2.17. The van der Waals surface area contributed by atoms with Crippen LogP contribution >= 0.6 is 11.3 Å². The molecule has 0 unspecified atom stereocenters. The Kier molecular flexibility index (Phi) is 4.71. The third-order valence-electron chi connectivity index (χ3n) is 4.69. The van der Waals surface area contributed by atoms with Crippen molar-refractivity contribution in [2.45, 2.75) is 39.2 Å². The molecule has 6 nitrogen and oxygen atoms in total. The first-order chi connectivity index (χ1) is 11.5. The quantitative estimate of drug-likeness (QED) is 0.922. The Morgan fingerprint density at radius 2 is 2.08 bits per heavy atom. The number of aromatic nitrogens is 2. The lowest BCUT2D eigenvalue weighted by Crippen LogP contribution is -2.39. The van der Waals surface area contributed by atoms with Crippen LogP contribution in [0.5, 0.6) is 0 Å². The van der Waals surface area contributed by atoms with Crippen LogP contribution in [-0.2, 0) is 6.42 Å². The number of piperidine rings is 1. The van der Waals surface area contributed by atoms with Crippen LogP contribution in [0, 0.1) is 6.92 Å². The van der Waals surface area contributed by atoms with E-state index in [-0.39, 0.29) is 17.5 Å². The third kappa shape index (κ3) is 2.96. The lowest BCUT2D eigenvalue weighted by Gasteiger charge is -2.32. The lowest BCUT2D eigenvalue weighted by molar-refractivity contribution is 0.0691. The van der Waals surface area contributed by atoms with Gasteiger partial charge in [-0.2, -0.15) is 5.10 Å². The summed E-state index contributed by atoms with van der Waals surface area (Å²) in [5.41, 5.74) is 2.04. The monoisotopic (exact) mass is 347 g/mol. The second-order valence-corrected chi connectivity index (χ2v) is 6.96. The average Bonchev–Trinajstić information content (AvgIpc) is 3.20. The molecule has 24 heavy (non-hydrogen) atoms. The molecule has 3 rings (SSSR count). The number of aromatic carboxylic acids is 1. The van der Waals surface area contributed by atoms with E-state index in [4.69, 9.17) is 5.11 Å². The fraction of sp³-hybridized carbons (Fsp3) is 0.471. The largest absolute Gasteiger partial charge is 0.478 e. The average molecular weight is 347 g/mol.